The van der Waals surface area contributed by atoms with Crippen molar-refractivity contribution < 1.29 is 28.9 Å². The van der Waals surface area contributed by atoms with Crippen LogP contribution >= 0.6 is 0 Å². The molecule has 2 heterocycles. The van der Waals surface area contributed by atoms with Gasteiger partial charge in [-0.2, -0.15) is 0 Å². The number of carbonyl (C=O) groups is 2. The number of rotatable bonds is 10. The number of aromatic nitrogens is 2. The second kappa shape index (κ2) is 12.5. The van der Waals surface area contributed by atoms with Crippen molar-refractivity contribution in [2.24, 2.45) is 51.2 Å². The van der Waals surface area contributed by atoms with Gasteiger partial charge in [-0.05, 0) is 132 Å². The lowest BCUT2D eigenvalue weighted by Crippen LogP contribution is -2.69. The summed E-state index contributed by atoms with van der Waals surface area (Å²) < 4.78 is 20.2. The van der Waals surface area contributed by atoms with Crippen molar-refractivity contribution in [2.75, 3.05) is 13.7 Å². The third kappa shape index (κ3) is 5.32. The first kappa shape index (κ1) is 35.6. The molecule has 6 rings (SSSR count). The van der Waals surface area contributed by atoms with Crippen LogP contribution in [0.4, 0.5) is 0 Å². The van der Waals surface area contributed by atoms with E-state index in [1.807, 2.05) is 13.3 Å². The van der Waals surface area contributed by atoms with Gasteiger partial charge in [0.15, 0.2) is 0 Å². The molecule has 8 nitrogen and oxygen atoms in total. The van der Waals surface area contributed by atoms with Gasteiger partial charge in [-0.1, -0.05) is 32.9 Å². The molecule has 0 amide bonds. The fraction of sp³-hybridized carbons (Fsp3) is 0.825. The highest BCUT2D eigenvalue weighted by Gasteiger charge is 2.76. The number of esters is 2. The maximum Gasteiger partial charge on any atom is 0.312 e. The molecule has 48 heavy (non-hydrogen) atoms. The van der Waals surface area contributed by atoms with Crippen LogP contribution in [0.5, 0.6) is 0 Å². The number of fused-ring (bicyclic) bond motifs is 7. The van der Waals surface area contributed by atoms with E-state index in [2.05, 4.69) is 63.9 Å². The molecule has 0 radical (unpaired) electrons. The summed E-state index contributed by atoms with van der Waals surface area (Å²) in [5, 5.41) is 12.5. The molecule has 2 unspecified atom stereocenters. The van der Waals surface area contributed by atoms with Gasteiger partial charge in [0, 0.05) is 18.2 Å². The van der Waals surface area contributed by atoms with Crippen LogP contribution in [-0.4, -0.2) is 58.1 Å². The molecule has 5 fully saturated rings. The minimum atomic E-state index is -0.559. The molecular weight excluding hydrogens is 604 g/mol. The molecule has 4 aliphatic carbocycles. The summed E-state index contributed by atoms with van der Waals surface area (Å²) in [6.07, 6.45) is 12.3. The Hall–Kier alpha value is -2.19. The summed E-state index contributed by atoms with van der Waals surface area (Å²) >= 11 is 0. The van der Waals surface area contributed by atoms with Crippen LogP contribution in [0.3, 0.4) is 0 Å². The fourth-order valence-corrected chi connectivity index (χ4v) is 12.9. The first-order valence-corrected chi connectivity index (χ1v) is 18.8. The van der Waals surface area contributed by atoms with Crippen LogP contribution in [0, 0.1) is 58.2 Å². The molecule has 0 spiro atoms. The molecule has 4 saturated carbocycles. The van der Waals surface area contributed by atoms with E-state index in [1.54, 1.807) is 0 Å². The maximum atomic E-state index is 14.3. The number of hydrogen-bond donors (Lipinski definition) is 1. The summed E-state index contributed by atoms with van der Waals surface area (Å²) in [6, 6.07) is 0. The molecule has 1 saturated heterocycles. The Morgan fingerprint density at radius 1 is 1.06 bits per heavy atom. The zero-order valence-electron chi connectivity index (χ0n) is 31.0. The van der Waals surface area contributed by atoms with Crippen LogP contribution in [0.1, 0.15) is 118 Å². The largest absolute Gasteiger partial charge is 0.469 e. The van der Waals surface area contributed by atoms with Gasteiger partial charge in [-0.3, -0.25) is 9.59 Å². The second-order valence-electron chi connectivity index (χ2n) is 17.8. The summed E-state index contributed by atoms with van der Waals surface area (Å²) in [5.74, 6) is 0.425. The van der Waals surface area contributed by atoms with Gasteiger partial charge in [0.2, 0.25) is 0 Å². The Morgan fingerprint density at radius 2 is 1.81 bits per heavy atom. The zero-order chi connectivity index (χ0) is 34.9. The Morgan fingerprint density at radius 3 is 2.48 bits per heavy atom. The van der Waals surface area contributed by atoms with E-state index in [0.29, 0.717) is 13.0 Å². The SMILES string of the molecule is C=C(C)[C@@H]1CC[C@]2(C(=O)OCCCCCn3cnc(C)c3)CC[C@]3(C)[C@H](C[C@@H](O)[C@@H]4[C@@]5(C)C(CC(=O)OC)OC(C)(C)C5CC[C@]43C)[C@@H]12. The molecule has 0 bridgehead atoms. The van der Waals surface area contributed by atoms with E-state index >= 15 is 0 Å². The Labute approximate surface area is 288 Å². The number of methoxy groups -OCH3 is 1. The van der Waals surface area contributed by atoms with Crippen LogP contribution in [0.2, 0.25) is 0 Å². The fourth-order valence-electron chi connectivity index (χ4n) is 12.9. The summed E-state index contributed by atoms with van der Waals surface area (Å²) in [6.45, 7) is 21.5. The number of aliphatic hydroxyl groups is 1. The van der Waals surface area contributed by atoms with Crippen molar-refractivity contribution in [1.29, 1.82) is 0 Å². The van der Waals surface area contributed by atoms with E-state index in [9.17, 15) is 14.7 Å². The minimum absolute atomic E-state index is 0.0231. The lowest BCUT2D eigenvalue weighted by atomic mass is 9.33. The summed E-state index contributed by atoms with van der Waals surface area (Å²) in [4.78, 5) is 31.3. The Bertz CT molecular complexity index is 1400. The summed E-state index contributed by atoms with van der Waals surface area (Å²) in [5.41, 5.74) is 0.588. The topological polar surface area (TPSA) is 99.9 Å². The molecular formula is C40H62N2O6. The number of ether oxygens (including phenoxy) is 3. The Kier molecular flexibility index (Phi) is 9.31. The molecule has 11 atom stereocenters. The van der Waals surface area contributed by atoms with Crippen molar-refractivity contribution in [3.05, 3.63) is 30.4 Å². The predicted octanol–water partition coefficient (Wildman–Crippen LogP) is 7.45. The smallest absolute Gasteiger partial charge is 0.312 e. The third-order valence-corrected chi connectivity index (χ3v) is 15.2. The van der Waals surface area contributed by atoms with E-state index in [-0.39, 0.29) is 70.3 Å². The van der Waals surface area contributed by atoms with Gasteiger partial charge < -0.3 is 23.9 Å². The van der Waals surface area contributed by atoms with Gasteiger partial charge in [0.25, 0.3) is 0 Å². The quantitative estimate of drug-likeness (QED) is 0.157. The molecule has 8 heteroatoms. The van der Waals surface area contributed by atoms with Crippen LogP contribution < -0.4 is 0 Å². The van der Waals surface area contributed by atoms with Crippen LogP contribution in [-0.2, 0) is 30.3 Å². The van der Waals surface area contributed by atoms with Crippen LogP contribution in [0.15, 0.2) is 24.7 Å². The molecule has 5 aliphatic rings. The molecule has 1 N–H and O–H groups in total. The van der Waals surface area contributed by atoms with E-state index in [4.69, 9.17) is 14.2 Å². The zero-order valence-corrected chi connectivity index (χ0v) is 31.0. The lowest BCUT2D eigenvalue weighted by molar-refractivity contribution is -0.255. The van der Waals surface area contributed by atoms with Gasteiger partial charge in [-0.25, -0.2) is 4.98 Å². The number of nitrogens with zero attached hydrogens (tertiary/aromatic N) is 2. The number of unbranched alkanes of at least 4 members (excludes halogenated alkanes) is 2. The number of aryl methyl sites for hydroxylation is 2. The number of hydrogen-bond acceptors (Lipinski definition) is 7. The molecule has 268 valence electrons. The van der Waals surface area contributed by atoms with E-state index in [1.165, 1.54) is 7.11 Å². The standard InChI is InChI=1S/C40H62N2O6/c1-25(2)27-13-16-40(35(45)47-20-12-10-11-19-42-23-26(3)41-24-42)18-17-37(6)28(33(27)40)21-29(43)34-38(37,7)15-14-30-36(4,5)48-31(39(30,34)8)22-32(44)46-9/h23-24,27-31,33-34,43H,1,10-22H2,2-9H3/t27-,28+,29+,30?,31?,33+,34-,37+,38+,39+,40-/m0/s1. The van der Waals surface area contributed by atoms with Crippen molar-refractivity contribution in [3.63, 3.8) is 0 Å². The molecule has 1 aromatic rings. The van der Waals surface area contributed by atoms with Crippen molar-refractivity contribution in [2.45, 2.75) is 143 Å². The number of carbonyl (C=O) groups excluding carboxylic acids is 2. The number of aliphatic hydroxyl groups excluding tert-OH is 1. The van der Waals surface area contributed by atoms with Gasteiger partial charge >= 0.3 is 11.9 Å². The molecule has 1 aromatic heterocycles. The van der Waals surface area contributed by atoms with Gasteiger partial charge in [0.05, 0.1) is 55.4 Å². The van der Waals surface area contributed by atoms with Crippen molar-refractivity contribution in [1.82, 2.24) is 9.55 Å². The highest BCUT2D eigenvalue weighted by molar-refractivity contribution is 5.78. The highest BCUT2D eigenvalue weighted by atomic mass is 16.5. The first-order valence-electron chi connectivity index (χ1n) is 18.8. The van der Waals surface area contributed by atoms with Crippen LogP contribution in [0.25, 0.3) is 0 Å². The normalized spacial score (nSPS) is 42.6. The van der Waals surface area contributed by atoms with E-state index in [0.717, 1.165) is 75.6 Å². The maximum absolute atomic E-state index is 14.3. The first-order chi connectivity index (χ1) is 22.5. The average molecular weight is 667 g/mol. The molecule has 1 aliphatic heterocycles. The molecule has 0 aromatic carbocycles. The monoisotopic (exact) mass is 666 g/mol. The van der Waals surface area contributed by atoms with Gasteiger partial charge in [-0.15, -0.1) is 0 Å². The van der Waals surface area contributed by atoms with Crippen molar-refractivity contribution in [3.8, 4) is 0 Å². The average Bonchev–Trinajstić information content (AvgIpc) is 3.68. The number of allylic oxidation sites excluding steroid dienone is 1. The predicted molar refractivity (Wildman–Crippen MR) is 185 cm³/mol. The highest BCUT2D eigenvalue weighted by Crippen LogP contribution is 2.77. The second-order valence-corrected chi connectivity index (χ2v) is 17.8. The van der Waals surface area contributed by atoms with Crippen molar-refractivity contribution >= 4 is 11.9 Å². The van der Waals surface area contributed by atoms with Gasteiger partial charge in [0.1, 0.15) is 0 Å². The lowest BCUT2D eigenvalue weighted by Gasteiger charge is -2.71. The third-order valence-electron chi connectivity index (χ3n) is 15.2. The number of imidazole rings is 1. The summed E-state index contributed by atoms with van der Waals surface area (Å²) in [7, 11) is 1.44. The van der Waals surface area contributed by atoms with E-state index < -0.39 is 17.1 Å². The minimum Gasteiger partial charge on any atom is -0.469 e. The Balaban J connectivity index is 1.24.